The van der Waals surface area contributed by atoms with E-state index in [-0.39, 0.29) is 18.3 Å². The molecule has 4 rings (SSSR count). The van der Waals surface area contributed by atoms with E-state index in [1.165, 1.54) is 0 Å². The van der Waals surface area contributed by atoms with Crippen LogP contribution in [-0.4, -0.2) is 23.3 Å². The third-order valence-electron chi connectivity index (χ3n) is 5.85. The Kier molecular flexibility index (Phi) is 5.94. The molecule has 0 aliphatic heterocycles. The standard InChI is InChI=1S/C26H27NO4/c1-4-30-21-11-9-19(10-12-21)20-13-22-24(23(28)14-20)17(3)25(27-22)26(29)31-15-18-7-5-16(2)6-8-18/h5-12,20,27H,4,13-15H2,1-3H3/t20-/m1/s1. The number of benzene rings is 2. The van der Waals surface area contributed by atoms with E-state index in [2.05, 4.69) is 4.98 Å². The minimum Gasteiger partial charge on any atom is -0.494 e. The quantitative estimate of drug-likeness (QED) is 0.553. The van der Waals surface area contributed by atoms with Crippen LogP contribution in [0.15, 0.2) is 48.5 Å². The number of nitrogens with one attached hydrogen (secondary N) is 1. The number of esters is 1. The van der Waals surface area contributed by atoms with Crippen LogP contribution in [0.25, 0.3) is 0 Å². The number of rotatable bonds is 6. The average molecular weight is 418 g/mol. The number of carbonyl (C=O) groups is 2. The van der Waals surface area contributed by atoms with Gasteiger partial charge in [0.25, 0.3) is 0 Å². The Morgan fingerprint density at radius 2 is 1.74 bits per heavy atom. The fourth-order valence-electron chi connectivity index (χ4n) is 4.18. The summed E-state index contributed by atoms with van der Waals surface area (Å²) in [5, 5.41) is 0. The van der Waals surface area contributed by atoms with E-state index in [0.29, 0.717) is 36.3 Å². The van der Waals surface area contributed by atoms with E-state index in [1.807, 2.05) is 69.3 Å². The van der Waals surface area contributed by atoms with Crippen LogP contribution in [0.4, 0.5) is 0 Å². The first-order chi connectivity index (χ1) is 15.0. The number of carbonyl (C=O) groups excluding carboxylic acids is 2. The molecule has 0 fully saturated rings. The molecule has 0 saturated heterocycles. The Labute approximate surface area is 182 Å². The highest BCUT2D eigenvalue weighted by molar-refractivity contribution is 6.03. The van der Waals surface area contributed by atoms with Crippen molar-refractivity contribution in [3.8, 4) is 5.75 Å². The molecule has 5 nitrogen and oxygen atoms in total. The van der Waals surface area contributed by atoms with Gasteiger partial charge in [-0.05, 0) is 61.9 Å². The maximum atomic E-state index is 12.9. The van der Waals surface area contributed by atoms with E-state index >= 15 is 0 Å². The molecule has 2 aromatic carbocycles. The van der Waals surface area contributed by atoms with Crippen molar-refractivity contribution in [1.82, 2.24) is 4.98 Å². The molecule has 0 radical (unpaired) electrons. The first-order valence-electron chi connectivity index (χ1n) is 10.7. The summed E-state index contributed by atoms with van der Waals surface area (Å²) in [5.74, 6) is 0.526. The highest BCUT2D eigenvalue weighted by Gasteiger charge is 2.32. The van der Waals surface area contributed by atoms with Gasteiger partial charge in [0.15, 0.2) is 5.78 Å². The second kappa shape index (κ2) is 8.80. The number of hydrogen-bond acceptors (Lipinski definition) is 4. The van der Waals surface area contributed by atoms with Gasteiger partial charge >= 0.3 is 5.97 Å². The molecule has 0 unspecified atom stereocenters. The van der Waals surface area contributed by atoms with Crippen molar-refractivity contribution < 1.29 is 19.1 Å². The molecule has 3 aromatic rings. The maximum Gasteiger partial charge on any atom is 0.355 e. The molecular formula is C26H27NO4. The summed E-state index contributed by atoms with van der Waals surface area (Å²) in [7, 11) is 0. The van der Waals surface area contributed by atoms with Crippen molar-refractivity contribution >= 4 is 11.8 Å². The second-order valence-corrected chi connectivity index (χ2v) is 8.07. The number of aromatic nitrogens is 1. The van der Waals surface area contributed by atoms with Gasteiger partial charge in [-0.1, -0.05) is 42.0 Å². The normalized spacial score (nSPS) is 15.5. The summed E-state index contributed by atoms with van der Waals surface area (Å²) < 4.78 is 11.0. The Morgan fingerprint density at radius 1 is 1.03 bits per heavy atom. The largest absolute Gasteiger partial charge is 0.494 e. The number of fused-ring (bicyclic) bond motifs is 1. The lowest BCUT2D eigenvalue weighted by Gasteiger charge is -2.22. The summed E-state index contributed by atoms with van der Waals surface area (Å²) >= 11 is 0. The van der Waals surface area contributed by atoms with Crippen molar-refractivity contribution in [3.05, 3.63) is 87.7 Å². The van der Waals surface area contributed by atoms with Gasteiger partial charge in [0.05, 0.1) is 6.61 Å². The number of aromatic amines is 1. The van der Waals surface area contributed by atoms with Gasteiger partial charge in [-0.2, -0.15) is 0 Å². The number of ketones is 1. The molecule has 31 heavy (non-hydrogen) atoms. The van der Waals surface area contributed by atoms with Crippen molar-refractivity contribution in [3.63, 3.8) is 0 Å². The summed E-state index contributed by atoms with van der Waals surface area (Å²) in [6.45, 7) is 6.60. The third-order valence-corrected chi connectivity index (χ3v) is 5.85. The molecule has 160 valence electrons. The molecule has 0 bridgehead atoms. The molecule has 1 atom stereocenters. The first-order valence-corrected chi connectivity index (χ1v) is 10.7. The van der Waals surface area contributed by atoms with Crippen molar-refractivity contribution in [2.75, 3.05) is 6.61 Å². The van der Waals surface area contributed by atoms with Gasteiger partial charge in [0.1, 0.15) is 18.1 Å². The second-order valence-electron chi connectivity index (χ2n) is 8.07. The lowest BCUT2D eigenvalue weighted by atomic mass is 9.81. The van der Waals surface area contributed by atoms with Crippen LogP contribution in [0, 0.1) is 13.8 Å². The molecule has 1 aliphatic carbocycles. The van der Waals surface area contributed by atoms with Crippen LogP contribution in [0.2, 0.25) is 0 Å². The number of H-pyrrole nitrogens is 1. The molecule has 1 aliphatic rings. The molecular weight excluding hydrogens is 390 g/mol. The molecule has 5 heteroatoms. The van der Waals surface area contributed by atoms with Crippen LogP contribution in [0.1, 0.15) is 68.1 Å². The lowest BCUT2D eigenvalue weighted by molar-refractivity contribution is 0.0465. The minimum absolute atomic E-state index is 0.0615. The minimum atomic E-state index is -0.433. The smallest absolute Gasteiger partial charge is 0.355 e. The van der Waals surface area contributed by atoms with Gasteiger partial charge in [0.2, 0.25) is 0 Å². The Bertz CT molecular complexity index is 1090. The molecule has 1 N–H and O–H groups in total. The van der Waals surface area contributed by atoms with Crippen LogP contribution >= 0.6 is 0 Å². The van der Waals surface area contributed by atoms with Crippen LogP contribution in [0.5, 0.6) is 5.75 Å². The number of hydrogen-bond donors (Lipinski definition) is 1. The van der Waals surface area contributed by atoms with Gasteiger partial charge < -0.3 is 14.5 Å². The summed E-state index contributed by atoms with van der Waals surface area (Å²) in [6, 6.07) is 15.8. The highest BCUT2D eigenvalue weighted by Crippen LogP contribution is 2.35. The van der Waals surface area contributed by atoms with E-state index in [1.54, 1.807) is 0 Å². The monoisotopic (exact) mass is 417 g/mol. The number of aryl methyl sites for hydroxylation is 1. The number of ether oxygens (including phenoxy) is 2. The SMILES string of the molecule is CCOc1ccc([C@H]2CC(=O)c3c([nH]c(C(=O)OCc4ccc(C)cc4)c3C)C2)cc1. The Balaban J connectivity index is 1.50. The topological polar surface area (TPSA) is 68.4 Å². The first kappa shape index (κ1) is 20.9. The molecule has 0 spiro atoms. The molecule has 0 amide bonds. The zero-order valence-electron chi connectivity index (χ0n) is 18.2. The zero-order valence-corrected chi connectivity index (χ0v) is 18.2. The molecule has 1 aromatic heterocycles. The average Bonchev–Trinajstić information content (AvgIpc) is 3.11. The lowest BCUT2D eigenvalue weighted by Crippen LogP contribution is -2.18. The van der Waals surface area contributed by atoms with Crippen LogP contribution in [0.3, 0.4) is 0 Å². The predicted octanol–water partition coefficient (Wildman–Crippen LogP) is 5.30. The predicted molar refractivity (Wildman–Crippen MR) is 119 cm³/mol. The van der Waals surface area contributed by atoms with Crippen molar-refractivity contribution in [1.29, 1.82) is 0 Å². The van der Waals surface area contributed by atoms with E-state index in [0.717, 1.165) is 28.1 Å². The fraction of sp³-hybridized carbons (Fsp3) is 0.308. The third kappa shape index (κ3) is 4.41. The molecule has 1 heterocycles. The van der Waals surface area contributed by atoms with E-state index < -0.39 is 5.97 Å². The maximum absolute atomic E-state index is 12.9. The highest BCUT2D eigenvalue weighted by atomic mass is 16.5. The number of Topliss-reactive ketones (excluding diaryl/α,β-unsaturated/α-hetero) is 1. The van der Waals surface area contributed by atoms with Crippen LogP contribution < -0.4 is 4.74 Å². The summed E-state index contributed by atoms with van der Waals surface area (Å²) in [4.78, 5) is 28.8. The van der Waals surface area contributed by atoms with Gasteiger partial charge in [-0.3, -0.25) is 4.79 Å². The molecule has 0 saturated carbocycles. The van der Waals surface area contributed by atoms with Crippen LogP contribution in [-0.2, 0) is 17.8 Å². The van der Waals surface area contributed by atoms with E-state index in [4.69, 9.17) is 9.47 Å². The van der Waals surface area contributed by atoms with E-state index in [9.17, 15) is 9.59 Å². The van der Waals surface area contributed by atoms with Gasteiger partial charge in [-0.15, -0.1) is 0 Å². The van der Waals surface area contributed by atoms with Crippen molar-refractivity contribution in [2.45, 2.75) is 46.1 Å². The van der Waals surface area contributed by atoms with Gasteiger partial charge in [-0.25, -0.2) is 4.79 Å². The fourth-order valence-corrected chi connectivity index (χ4v) is 4.18. The van der Waals surface area contributed by atoms with Crippen molar-refractivity contribution in [2.24, 2.45) is 0 Å². The Morgan fingerprint density at radius 3 is 2.42 bits per heavy atom. The van der Waals surface area contributed by atoms with Gasteiger partial charge in [0, 0.05) is 17.7 Å². The summed E-state index contributed by atoms with van der Waals surface area (Å²) in [5.41, 5.74) is 5.69. The Hall–Kier alpha value is -3.34. The summed E-state index contributed by atoms with van der Waals surface area (Å²) in [6.07, 6.45) is 1.11. The zero-order chi connectivity index (χ0) is 22.0.